The van der Waals surface area contributed by atoms with E-state index in [4.69, 9.17) is 4.42 Å². The fourth-order valence-electron chi connectivity index (χ4n) is 1.70. The predicted octanol–water partition coefficient (Wildman–Crippen LogP) is 2.61. The quantitative estimate of drug-likeness (QED) is 0.672. The van der Waals surface area contributed by atoms with Crippen molar-refractivity contribution in [2.45, 2.75) is 9.99 Å². The molecule has 1 aliphatic rings. The molecule has 2 N–H and O–H groups in total. The highest BCUT2D eigenvalue weighted by molar-refractivity contribution is 7.99. The number of benzene rings is 1. The average molecular weight is 286 g/mol. The molecule has 0 spiro atoms. The minimum Gasteiger partial charge on any atom is -0.450 e. The van der Waals surface area contributed by atoms with Crippen LogP contribution in [-0.4, -0.2) is 11.9 Å². The molecule has 3 amide bonds. The Morgan fingerprint density at radius 1 is 1.00 bits per heavy atom. The van der Waals surface area contributed by atoms with Crippen LogP contribution in [0.1, 0.15) is 5.76 Å². The lowest BCUT2D eigenvalue weighted by molar-refractivity contribution is -0.115. The minimum absolute atomic E-state index is 0.181. The van der Waals surface area contributed by atoms with E-state index in [-0.39, 0.29) is 5.70 Å². The van der Waals surface area contributed by atoms with Crippen LogP contribution >= 0.6 is 11.8 Å². The van der Waals surface area contributed by atoms with Gasteiger partial charge in [-0.1, -0.05) is 30.0 Å². The maximum absolute atomic E-state index is 11.4. The van der Waals surface area contributed by atoms with E-state index in [0.29, 0.717) is 10.9 Å². The Balaban J connectivity index is 1.76. The van der Waals surface area contributed by atoms with Gasteiger partial charge >= 0.3 is 6.03 Å². The van der Waals surface area contributed by atoms with Crippen molar-refractivity contribution in [1.82, 2.24) is 10.6 Å². The molecule has 0 saturated carbocycles. The first kappa shape index (κ1) is 12.6. The molecule has 6 heteroatoms. The number of rotatable bonds is 3. The van der Waals surface area contributed by atoms with Crippen molar-refractivity contribution in [3.8, 4) is 0 Å². The third kappa shape index (κ3) is 2.75. The van der Waals surface area contributed by atoms with Crippen LogP contribution in [0.4, 0.5) is 4.79 Å². The Morgan fingerprint density at radius 3 is 2.50 bits per heavy atom. The zero-order valence-electron chi connectivity index (χ0n) is 10.3. The predicted molar refractivity (Wildman–Crippen MR) is 73.9 cm³/mol. The van der Waals surface area contributed by atoms with Gasteiger partial charge in [-0.2, -0.15) is 0 Å². The second kappa shape index (κ2) is 5.26. The van der Waals surface area contributed by atoms with Gasteiger partial charge in [0.15, 0.2) is 5.09 Å². The molecule has 100 valence electrons. The van der Waals surface area contributed by atoms with Crippen LogP contribution in [0, 0.1) is 0 Å². The number of carbonyl (C=O) groups excluding carboxylic acids is 2. The van der Waals surface area contributed by atoms with E-state index in [9.17, 15) is 9.59 Å². The lowest BCUT2D eigenvalue weighted by atomic mass is 10.3. The summed E-state index contributed by atoms with van der Waals surface area (Å²) in [5.74, 6) is 0.0550. The topological polar surface area (TPSA) is 71.3 Å². The minimum atomic E-state index is -0.522. The van der Waals surface area contributed by atoms with E-state index in [0.717, 1.165) is 4.90 Å². The lowest BCUT2D eigenvalue weighted by Gasteiger charge is -1.96. The summed E-state index contributed by atoms with van der Waals surface area (Å²) in [5.41, 5.74) is 0.181. The summed E-state index contributed by atoms with van der Waals surface area (Å²) in [5, 5.41) is 5.25. The van der Waals surface area contributed by atoms with Gasteiger partial charge in [-0.05, 0) is 24.3 Å². The molecule has 0 aliphatic carbocycles. The molecule has 0 atom stereocenters. The van der Waals surface area contributed by atoms with Crippen molar-refractivity contribution in [2.24, 2.45) is 0 Å². The maximum atomic E-state index is 11.4. The van der Waals surface area contributed by atoms with Gasteiger partial charge in [0.1, 0.15) is 11.5 Å². The number of hydrogen-bond acceptors (Lipinski definition) is 4. The maximum Gasteiger partial charge on any atom is 0.326 e. The van der Waals surface area contributed by atoms with Gasteiger partial charge in [-0.3, -0.25) is 10.1 Å². The van der Waals surface area contributed by atoms with Gasteiger partial charge in [-0.15, -0.1) is 0 Å². The highest BCUT2D eigenvalue weighted by Gasteiger charge is 2.23. The number of urea groups is 1. The summed E-state index contributed by atoms with van der Waals surface area (Å²) in [7, 11) is 0. The third-order valence-corrected chi connectivity index (χ3v) is 3.50. The molecule has 1 aliphatic heterocycles. The summed E-state index contributed by atoms with van der Waals surface area (Å²) in [6, 6.07) is 12.9. The van der Waals surface area contributed by atoms with E-state index < -0.39 is 11.9 Å². The Labute approximate surface area is 119 Å². The second-order valence-electron chi connectivity index (χ2n) is 4.04. The number of furan rings is 1. The van der Waals surface area contributed by atoms with E-state index in [2.05, 4.69) is 10.6 Å². The molecule has 1 fully saturated rings. The van der Waals surface area contributed by atoms with Crippen molar-refractivity contribution in [1.29, 1.82) is 0 Å². The molecule has 5 nitrogen and oxygen atoms in total. The number of amides is 3. The van der Waals surface area contributed by atoms with Crippen molar-refractivity contribution >= 4 is 29.8 Å². The SMILES string of the molecule is O=C1NC(=O)/C(=C\c2ccc(Sc3ccccc3)o2)N1. The van der Waals surface area contributed by atoms with E-state index in [1.807, 2.05) is 36.4 Å². The van der Waals surface area contributed by atoms with Gasteiger partial charge in [-0.25, -0.2) is 4.79 Å². The first-order valence-electron chi connectivity index (χ1n) is 5.87. The number of imide groups is 1. The molecule has 2 heterocycles. The zero-order chi connectivity index (χ0) is 13.9. The smallest absolute Gasteiger partial charge is 0.326 e. The molecular weight excluding hydrogens is 276 g/mol. The molecule has 0 radical (unpaired) electrons. The Morgan fingerprint density at radius 2 is 1.80 bits per heavy atom. The Hall–Kier alpha value is -2.47. The van der Waals surface area contributed by atoms with E-state index in [1.54, 1.807) is 6.07 Å². The van der Waals surface area contributed by atoms with Crippen LogP contribution < -0.4 is 10.6 Å². The number of nitrogens with one attached hydrogen (secondary N) is 2. The van der Waals surface area contributed by atoms with Crippen molar-refractivity contribution in [3.63, 3.8) is 0 Å². The molecule has 1 aromatic heterocycles. The Bertz CT molecular complexity index is 691. The van der Waals surface area contributed by atoms with Crippen LogP contribution in [0.15, 0.2) is 62.6 Å². The first-order valence-corrected chi connectivity index (χ1v) is 6.69. The van der Waals surface area contributed by atoms with Gasteiger partial charge in [0.2, 0.25) is 0 Å². The second-order valence-corrected chi connectivity index (χ2v) is 5.12. The third-order valence-electron chi connectivity index (χ3n) is 2.57. The highest BCUT2D eigenvalue weighted by Crippen LogP contribution is 2.29. The zero-order valence-corrected chi connectivity index (χ0v) is 11.1. The summed E-state index contributed by atoms with van der Waals surface area (Å²) in [4.78, 5) is 23.4. The number of hydrogen-bond donors (Lipinski definition) is 2. The van der Waals surface area contributed by atoms with Crippen molar-refractivity contribution in [2.75, 3.05) is 0 Å². The van der Waals surface area contributed by atoms with Crippen LogP contribution in [0.3, 0.4) is 0 Å². The average Bonchev–Trinajstić information content (AvgIpc) is 2.98. The molecular formula is C14H10N2O3S. The summed E-state index contributed by atoms with van der Waals surface area (Å²) in [6.07, 6.45) is 1.50. The molecule has 2 aromatic rings. The molecule has 3 rings (SSSR count). The van der Waals surface area contributed by atoms with Crippen molar-refractivity contribution < 1.29 is 14.0 Å². The molecule has 20 heavy (non-hydrogen) atoms. The van der Waals surface area contributed by atoms with Crippen LogP contribution in [0.5, 0.6) is 0 Å². The normalized spacial score (nSPS) is 16.3. The fourth-order valence-corrected chi connectivity index (χ4v) is 2.50. The number of carbonyl (C=O) groups is 2. The van der Waals surface area contributed by atoms with Crippen LogP contribution in [0.2, 0.25) is 0 Å². The van der Waals surface area contributed by atoms with Crippen LogP contribution in [-0.2, 0) is 4.79 Å². The first-order chi connectivity index (χ1) is 9.70. The monoisotopic (exact) mass is 286 g/mol. The van der Waals surface area contributed by atoms with Crippen molar-refractivity contribution in [3.05, 3.63) is 53.9 Å². The van der Waals surface area contributed by atoms with Gasteiger partial charge in [0.05, 0.1) is 0 Å². The van der Waals surface area contributed by atoms with Gasteiger partial charge in [0, 0.05) is 11.0 Å². The highest BCUT2D eigenvalue weighted by atomic mass is 32.2. The largest absolute Gasteiger partial charge is 0.450 e. The van der Waals surface area contributed by atoms with E-state index >= 15 is 0 Å². The van der Waals surface area contributed by atoms with E-state index in [1.165, 1.54) is 17.8 Å². The fraction of sp³-hybridized carbons (Fsp3) is 0. The summed E-state index contributed by atoms with van der Waals surface area (Å²) >= 11 is 1.48. The van der Waals surface area contributed by atoms with Gasteiger partial charge < -0.3 is 9.73 Å². The standard InChI is InChI=1S/C14H10N2O3S/c17-13-11(15-14(18)16-13)8-9-6-7-12(19-9)20-10-4-2-1-3-5-10/h1-8H,(H2,15,16,17,18)/b11-8+. The molecule has 1 aromatic carbocycles. The molecule has 0 unspecified atom stereocenters. The summed E-state index contributed by atoms with van der Waals surface area (Å²) < 4.78 is 5.59. The van der Waals surface area contributed by atoms with Gasteiger partial charge in [0.25, 0.3) is 5.91 Å². The summed E-state index contributed by atoms with van der Waals surface area (Å²) in [6.45, 7) is 0. The Kier molecular flexibility index (Phi) is 3.30. The lowest BCUT2D eigenvalue weighted by Crippen LogP contribution is -2.22. The molecule has 0 bridgehead atoms. The molecule has 1 saturated heterocycles. The van der Waals surface area contributed by atoms with Crippen LogP contribution in [0.25, 0.3) is 6.08 Å².